The number of anilines is 3. The van der Waals surface area contributed by atoms with Gasteiger partial charge in [-0.15, -0.1) is 0 Å². The summed E-state index contributed by atoms with van der Waals surface area (Å²) in [4.78, 5) is 2.30. The number of rotatable bonds is 5. The zero-order valence-corrected chi connectivity index (χ0v) is 20.8. The highest BCUT2D eigenvalue weighted by Gasteiger charge is 2.15. The van der Waals surface area contributed by atoms with Crippen LogP contribution >= 0.6 is 0 Å². The molecule has 0 aliphatic rings. The maximum absolute atomic E-state index is 6.19. The summed E-state index contributed by atoms with van der Waals surface area (Å²) >= 11 is 0. The Balaban J connectivity index is 1.34. The van der Waals surface area contributed by atoms with Crippen LogP contribution in [0.3, 0.4) is 0 Å². The van der Waals surface area contributed by atoms with Crippen molar-refractivity contribution in [3.63, 3.8) is 0 Å². The number of nitrogens with zero attached hydrogens (tertiary/aromatic N) is 1. The second-order valence-electron chi connectivity index (χ2n) is 9.48. The molecule has 2 heteroatoms. The fourth-order valence-corrected chi connectivity index (χ4v) is 5.14. The van der Waals surface area contributed by atoms with Gasteiger partial charge in [0.05, 0.1) is 0 Å². The SMILES string of the molecule is c1ccc(N(c2cccc(-c3ccc4ccccc4c3)c2)c2cccc(-c3cc4ccccc4o3)c2)cc1. The smallest absolute Gasteiger partial charge is 0.135 e. The van der Waals surface area contributed by atoms with Crippen molar-refractivity contribution >= 4 is 38.8 Å². The van der Waals surface area contributed by atoms with E-state index in [1.807, 2.05) is 18.2 Å². The first-order chi connectivity index (χ1) is 18.8. The molecule has 0 unspecified atom stereocenters. The minimum absolute atomic E-state index is 0.867. The highest BCUT2D eigenvalue weighted by atomic mass is 16.3. The van der Waals surface area contributed by atoms with Crippen LogP contribution in [-0.4, -0.2) is 0 Å². The number of hydrogen-bond acceptors (Lipinski definition) is 2. The van der Waals surface area contributed by atoms with Crippen molar-refractivity contribution in [1.29, 1.82) is 0 Å². The van der Waals surface area contributed by atoms with Gasteiger partial charge in [-0.05, 0) is 76.5 Å². The van der Waals surface area contributed by atoms with Gasteiger partial charge in [0.25, 0.3) is 0 Å². The van der Waals surface area contributed by atoms with Gasteiger partial charge in [0.15, 0.2) is 0 Å². The normalized spacial score (nSPS) is 11.2. The molecule has 1 heterocycles. The van der Waals surface area contributed by atoms with E-state index in [1.54, 1.807) is 0 Å². The minimum atomic E-state index is 0.867. The van der Waals surface area contributed by atoms with Crippen LogP contribution < -0.4 is 4.90 Å². The highest BCUT2D eigenvalue weighted by Crippen LogP contribution is 2.39. The average molecular weight is 488 g/mol. The van der Waals surface area contributed by atoms with Gasteiger partial charge in [-0.3, -0.25) is 0 Å². The molecule has 0 N–H and O–H groups in total. The van der Waals surface area contributed by atoms with E-state index < -0.39 is 0 Å². The van der Waals surface area contributed by atoms with Crippen LogP contribution in [0, 0.1) is 0 Å². The Morgan fingerprint density at radius 2 is 0.974 bits per heavy atom. The van der Waals surface area contributed by atoms with Crippen LogP contribution in [0.4, 0.5) is 17.1 Å². The van der Waals surface area contributed by atoms with Gasteiger partial charge in [0, 0.05) is 28.0 Å². The fourth-order valence-electron chi connectivity index (χ4n) is 5.14. The number of para-hydroxylation sites is 2. The molecule has 38 heavy (non-hydrogen) atoms. The largest absolute Gasteiger partial charge is 0.456 e. The Bertz CT molecular complexity index is 1850. The number of furan rings is 1. The molecule has 0 atom stereocenters. The lowest BCUT2D eigenvalue weighted by Crippen LogP contribution is -2.10. The van der Waals surface area contributed by atoms with E-state index in [0.717, 1.165) is 39.4 Å². The summed E-state index contributed by atoms with van der Waals surface area (Å²) in [5.74, 6) is 0.867. The molecular formula is C36H25NO. The molecule has 2 nitrogen and oxygen atoms in total. The third-order valence-electron chi connectivity index (χ3n) is 7.02. The van der Waals surface area contributed by atoms with Crippen molar-refractivity contribution in [2.75, 3.05) is 4.90 Å². The van der Waals surface area contributed by atoms with E-state index in [0.29, 0.717) is 0 Å². The molecule has 0 aliphatic heterocycles. The molecule has 0 saturated carbocycles. The Morgan fingerprint density at radius 1 is 0.368 bits per heavy atom. The molecule has 0 radical (unpaired) electrons. The molecule has 6 aromatic carbocycles. The summed E-state index contributed by atoms with van der Waals surface area (Å²) in [6, 6.07) is 53.3. The summed E-state index contributed by atoms with van der Waals surface area (Å²) in [5.41, 5.74) is 7.61. The summed E-state index contributed by atoms with van der Waals surface area (Å²) < 4.78 is 6.19. The standard InChI is InChI=1S/C36H25NO/c1-2-15-32(16-3-1)37(34-18-9-14-30(24-34)36-25-31-12-6-7-19-35(31)38-36)33-17-8-13-28(23-33)29-21-20-26-10-4-5-11-27(26)22-29/h1-25H. The maximum atomic E-state index is 6.19. The zero-order valence-electron chi connectivity index (χ0n) is 20.8. The molecule has 7 aromatic rings. The van der Waals surface area contributed by atoms with Crippen molar-refractivity contribution in [3.8, 4) is 22.5 Å². The van der Waals surface area contributed by atoms with Gasteiger partial charge in [-0.2, -0.15) is 0 Å². The van der Waals surface area contributed by atoms with Crippen molar-refractivity contribution in [1.82, 2.24) is 0 Å². The Kier molecular flexibility index (Phi) is 5.49. The van der Waals surface area contributed by atoms with Crippen molar-refractivity contribution in [2.24, 2.45) is 0 Å². The predicted molar refractivity (Wildman–Crippen MR) is 159 cm³/mol. The Morgan fingerprint density at radius 3 is 1.76 bits per heavy atom. The van der Waals surface area contributed by atoms with E-state index in [4.69, 9.17) is 4.42 Å². The van der Waals surface area contributed by atoms with Crippen LogP contribution in [0.25, 0.3) is 44.2 Å². The lowest BCUT2D eigenvalue weighted by Gasteiger charge is -2.26. The van der Waals surface area contributed by atoms with Gasteiger partial charge in [0.2, 0.25) is 0 Å². The van der Waals surface area contributed by atoms with Crippen molar-refractivity contribution in [2.45, 2.75) is 0 Å². The predicted octanol–water partition coefficient (Wildman–Crippen LogP) is 10.4. The third-order valence-corrected chi connectivity index (χ3v) is 7.02. The van der Waals surface area contributed by atoms with Gasteiger partial charge in [0.1, 0.15) is 11.3 Å². The molecule has 0 spiro atoms. The first-order valence-electron chi connectivity index (χ1n) is 12.9. The molecule has 7 rings (SSSR count). The van der Waals surface area contributed by atoms with E-state index in [1.165, 1.54) is 21.9 Å². The second-order valence-corrected chi connectivity index (χ2v) is 9.48. The summed E-state index contributed by atoms with van der Waals surface area (Å²) in [6.45, 7) is 0. The second kappa shape index (κ2) is 9.42. The van der Waals surface area contributed by atoms with Crippen LogP contribution in [0.15, 0.2) is 156 Å². The van der Waals surface area contributed by atoms with E-state index >= 15 is 0 Å². The molecular weight excluding hydrogens is 462 g/mol. The van der Waals surface area contributed by atoms with Crippen LogP contribution in [0.1, 0.15) is 0 Å². The Hall–Kier alpha value is -5.08. The molecule has 0 saturated heterocycles. The summed E-state index contributed by atoms with van der Waals surface area (Å²) in [6.07, 6.45) is 0. The van der Waals surface area contributed by atoms with Gasteiger partial charge >= 0.3 is 0 Å². The molecule has 0 fully saturated rings. The van der Waals surface area contributed by atoms with Gasteiger partial charge in [-0.25, -0.2) is 0 Å². The van der Waals surface area contributed by atoms with E-state index in [2.05, 4.69) is 138 Å². The lowest BCUT2D eigenvalue weighted by molar-refractivity contribution is 0.631. The number of hydrogen-bond donors (Lipinski definition) is 0. The monoisotopic (exact) mass is 487 g/mol. The number of benzene rings is 6. The van der Waals surface area contributed by atoms with E-state index in [-0.39, 0.29) is 0 Å². The molecule has 1 aromatic heterocycles. The molecule has 180 valence electrons. The maximum Gasteiger partial charge on any atom is 0.135 e. The molecule has 0 aliphatic carbocycles. The first-order valence-corrected chi connectivity index (χ1v) is 12.9. The third kappa shape index (κ3) is 4.12. The minimum Gasteiger partial charge on any atom is -0.456 e. The molecule has 0 bridgehead atoms. The van der Waals surface area contributed by atoms with Crippen molar-refractivity contribution in [3.05, 3.63) is 152 Å². The zero-order chi connectivity index (χ0) is 25.3. The van der Waals surface area contributed by atoms with Crippen LogP contribution in [-0.2, 0) is 0 Å². The highest BCUT2D eigenvalue weighted by molar-refractivity contribution is 5.89. The van der Waals surface area contributed by atoms with Crippen LogP contribution in [0.5, 0.6) is 0 Å². The van der Waals surface area contributed by atoms with Gasteiger partial charge in [-0.1, -0.05) is 97.1 Å². The van der Waals surface area contributed by atoms with E-state index in [9.17, 15) is 0 Å². The lowest BCUT2D eigenvalue weighted by atomic mass is 10.0. The topological polar surface area (TPSA) is 16.4 Å². The van der Waals surface area contributed by atoms with Gasteiger partial charge < -0.3 is 9.32 Å². The van der Waals surface area contributed by atoms with Crippen molar-refractivity contribution < 1.29 is 4.42 Å². The average Bonchev–Trinajstić information content (AvgIpc) is 3.43. The quantitative estimate of drug-likeness (QED) is 0.240. The summed E-state index contributed by atoms with van der Waals surface area (Å²) in [5, 5.41) is 3.60. The first kappa shape index (κ1) is 22.1. The molecule has 0 amide bonds. The fraction of sp³-hybridized carbons (Fsp3) is 0. The van der Waals surface area contributed by atoms with Crippen LogP contribution in [0.2, 0.25) is 0 Å². The number of fused-ring (bicyclic) bond motifs is 2. The Labute approximate surface area is 222 Å². The summed E-state index contributed by atoms with van der Waals surface area (Å²) in [7, 11) is 0.